The van der Waals surface area contributed by atoms with Crippen LogP contribution in [0.2, 0.25) is 10.0 Å². The van der Waals surface area contributed by atoms with Gasteiger partial charge in [0.2, 0.25) is 11.8 Å². The summed E-state index contributed by atoms with van der Waals surface area (Å²) in [6.45, 7) is 0. The minimum absolute atomic E-state index is 0.129. The van der Waals surface area contributed by atoms with Crippen molar-refractivity contribution in [2.75, 3.05) is 17.3 Å². The zero-order valence-corrected chi connectivity index (χ0v) is 21.2. The van der Waals surface area contributed by atoms with Crippen LogP contribution in [0.15, 0.2) is 47.1 Å². The predicted octanol–water partition coefficient (Wildman–Crippen LogP) is 6.23. The fourth-order valence-corrected chi connectivity index (χ4v) is 4.89. The predicted molar refractivity (Wildman–Crippen MR) is 140 cm³/mol. The second-order valence-corrected chi connectivity index (χ2v) is 10.1. The molecule has 1 N–H and O–H groups in total. The molecule has 3 amide bonds. The van der Waals surface area contributed by atoms with Gasteiger partial charge >= 0.3 is 0 Å². The van der Waals surface area contributed by atoms with Crippen molar-refractivity contribution in [3.05, 3.63) is 58.3 Å². The second kappa shape index (κ2) is 9.04. The molecule has 188 valence electrons. The van der Waals surface area contributed by atoms with E-state index in [1.54, 1.807) is 30.3 Å². The Morgan fingerprint density at radius 3 is 2.24 bits per heavy atom. The van der Waals surface area contributed by atoms with Gasteiger partial charge in [-0.1, -0.05) is 23.2 Å². The van der Waals surface area contributed by atoms with E-state index in [0.29, 0.717) is 33.4 Å². The Balaban J connectivity index is 1.50. The van der Waals surface area contributed by atoms with E-state index in [1.807, 2.05) is 0 Å². The Morgan fingerprint density at radius 2 is 1.65 bits per heavy atom. The molecule has 2 heterocycles. The normalized spacial score (nSPS) is 15.1. The van der Waals surface area contributed by atoms with E-state index in [1.165, 1.54) is 24.4 Å². The van der Waals surface area contributed by atoms with Crippen LogP contribution < -0.4 is 15.0 Å². The number of carbonyl (C=O) groups is 3. The molecule has 8 nitrogen and oxygen atoms in total. The zero-order valence-electron chi connectivity index (χ0n) is 19.7. The van der Waals surface area contributed by atoms with Crippen molar-refractivity contribution in [1.29, 1.82) is 0 Å². The number of benzene rings is 2. The molecule has 0 radical (unpaired) electrons. The topological polar surface area (TPSA) is 102 Å². The van der Waals surface area contributed by atoms with E-state index < -0.39 is 5.91 Å². The van der Waals surface area contributed by atoms with E-state index >= 15 is 0 Å². The molecule has 37 heavy (non-hydrogen) atoms. The van der Waals surface area contributed by atoms with E-state index in [9.17, 15) is 14.4 Å². The molecule has 6 rings (SSSR count). The number of halogens is 2. The monoisotopic (exact) mass is 537 g/mol. The van der Waals surface area contributed by atoms with Crippen molar-refractivity contribution in [3.63, 3.8) is 0 Å². The summed E-state index contributed by atoms with van der Waals surface area (Å²) < 4.78 is 11.6. The van der Waals surface area contributed by atoms with Crippen LogP contribution in [0.5, 0.6) is 5.75 Å². The van der Waals surface area contributed by atoms with Gasteiger partial charge in [0.05, 0.1) is 34.1 Å². The molecular formula is C27H21Cl2N3O5. The molecule has 4 aromatic rings. The number of anilines is 2. The number of imide groups is 1. The lowest BCUT2D eigenvalue weighted by Crippen LogP contribution is -2.39. The molecule has 2 aliphatic rings. The maximum Gasteiger partial charge on any atom is 0.256 e. The molecule has 2 aromatic heterocycles. The smallest absolute Gasteiger partial charge is 0.256 e. The van der Waals surface area contributed by atoms with Gasteiger partial charge in [0.25, 0.3) is 5.91 Å². The SMILES string of the molecule is COc1ccc(C(=O)Nc2c(Cl)cncc2Cl)c2c1oc1ccc(N(C(=O)C3CC3)C(=O)C3CC3)cc12. The van der Waals surface area contributed by atoms with Gasteiger partial charge in [-0.25, -0.2) is 0 Å². The molecule has 0 spiro atoms. The van der Waals surface area contributed by atoms with Crippen molar-refractivity contribution in [2.45, 2.75) is 25.7 Å². The van der Waals surface area contributed by atoms with E-state index in [4.69, 9.17) is 32.4 Å². The standard InChI is InChI=1S/C27H21Cl2N3O5/c1-36-21-9-7-16(25(33)31-23-18(28)11-30-12-19(23)29)22-17-10-15(6-8-20(17)37-24(21)22)32(26(34)13-2-3-13)27(35)14-4-5-14/h6-14H,2-5H2,1H3,(H,30,31,33). The molecule has 2 aromatic carbocycles. The Labute approximate surface area is 221 Å². The summed E-state index contributed by atoms with van der Waals surface area (Å²) in [6, 6.07) is 8.38. The molecule has 0 saturated heterocycles. The van der Waals surface area contributed by atoms with Crippen LogP contribution in [0.1, 0.15) is 36.0 Å². The summed E-state index contributed by atoms with van der Waals surface area (Å²) in [6.07, 6.45) is 5.90. The first-order valence-electron chi connectivity index (χ1n) is 11.9. The number of hydrogen-bond acceptors (Lipinski definition) is 6. The number of nitrogens with zero attached hydrogens (tertiary/aromatic N) is 2. The number of amides is 3. The van der Waals surface area contributed by atoms with Gasteiger partial charge in [-0.2, -0.15) is 0 Å². The number of ether oxygens (including phenoxy) is 1. The summed E-state index contributed by atoms with van der Waals surface area (Å²) in [5, 5.41) is 4.19. The lowest BCUT2D eigenvalue weighted by molar-refractivity contribution is -0.127. The lowest BCUT2D eigenvalue weighted by Gasteiger charge is -2.21. The van der Waals surface area contributed by atoms with Crippen LogP contribution in [-0.4, -0.2) is 29.8 Å². The van der Waals surface area contributed by atoms with Gasteiger partial charge in [0, 0.05) is 35.0 Å². The molecule has 2 fully saturated rings. The highest BCUT2D eigenvalue weighted by Crippen LogP contribution is 2.42. The number of pyridine rings is 1. The number of nitrogens with one attached hydrogen (secondary N) is 1. The highest BCUT2D eigenvalue weighted by atomic mass is 35.5. The number of hydrogen-bond donors (Lipinski definition) is 1. The average Bonchev–Trinajstić information content (AvgIpc) is 3.81. The van der Waals surface area contributed by atoms with Crippen LogP contribution in [-0.2, 0) is 9.59 Å². The van der Waals surface area contributed by atoms with Crippen LogP contribution in [0.25, 0.3) is 21.9 Å². The van der Waals surface area contributed by atoms with Crippen molar-refractivity contribution in [2.24, 2.45) is 11.8 Å². The molecule has 10 heteroatoms. The van der Waals surface area contributed by atoms with Gasteiger partial charge < -0.3 is 14.5 Å². The van der Waals surface area contributed by atoms with Gasteiger partial charge in [-0.15, -0.1) is 0 Å². The number of carbonyl (C=O) groups excluding carboxylic acids is 3. The van der Waals surface area contributed by atoms with Gasteiger partial charge in [-0.05, 0) is 56.0 Å². The molecule has 0 aliphatic heterocycles. The molecule has 0 atom stereocenters. The Morgan fingerprint density at radius 1 is 1.00 bits per heavy atom. The fraction of sp³-hybridized carbons (Fsp3) is 0.259. The van der Waals surface area contributed by atoms with Gasteiger partial charge in [-0.3, -0.25) is 24.3 Å². The van der Waals surface area contributed by atoms with Crippen molar-refractivity contribution in [1.82, 2.24) is 4.98 Å². The van der Waals surface area contributed by atoms with E-state index in [0.717, 1.165) is 25.7 Å². The molecule has 2 saturated carbocycles. The highest BCUT2D eigenvalue weighted by molar-refractivity contribution is 6.40. The van der Waals surface area contributed by atoms with Crippen molar-refractivity contribution in [3.8, 4) is 5.75 Å². The maximum absolute atomic E-state index is 13.5. The zero-order chi connectivity index (χ0) is 25.8. The number of aromatic nitrogens is 1. The summed E-state index contributed by atoms with van der Waals surface area (Å²) in [4.78, 5) is 44.9. The number of fused-ring (bicyclic) bond motifs is 3. The third-order valence-corrected chi connectivity index (χ3v) is 7.25. The number of furan rings is 1. The average molecular weight is 538 g/mol. The van der Waals surface area contributed by atoms with Gasteiger partial charge in [0.1, 0.15) is 5.58 Å². The number of methoxy groups -OCH3 is 1. The Bertz CT molecular complexity index is 1560. The highest BCUT2D eigenvalue weighted by Gasteiger charge is 2.42. The molecule has 2 aliphatic carbocycles. The first-order valence-corrected chi connectivity index (χ1v) is 12.6. The molecular weight excluding hydrogens is 517 g/mol. The summed E-state index contributed by atoms with van der Waals surface area (Å²) in [5.41, 5.74) is 1.82. The summed E-state index contributed by atoms with van der Waals surface area (Å²) in [5.74, 6) is -0.658. The first kappa shape index (κ1) is 23.8. The quantitative estimate of drug-likeness (QED) is 0.292. The second-order valence-electron chi connectivity index (χ2n) is 9.29. The van der Waals surface area contributed by atoms with Gasteiger partial charge in [0.15, 0.2) is 11.3 Å². The fourth-order valence-electron chi connectivity index (χ4n) is 4.43. The van der Waals surface area contributed by atoms with Crippen LogP contribution in [0.3, 0.4) is 0 Å². The largest absolute Gasteiger partial charge is 0.493 e. The summed E-state index contributed by atoms with van der Waals surface area (Å²) in [7, 11) is 1.51. The third-order valence-electron chi connectivity index (χ3n) is 6.67. The van der Waals surface area contributed by atoms with Crippen molar-refractivity contribution < 1.29 is 23.5 Å². The maximum atomic E-state index is 13.5. The van der Waals surface area contributed by atoms with E-state index in [-0.39, 0.29) is 44.9 Å². The Hall–Kier alpha value is -3.62. The van der Waals surface area contributed by atoms with Crippen LogP contribution >= 0.6 is 23.2 Å². The number of rotatable bonds is 6. The minimum atomic E-state index is -0.476. The van der Waals surface area contributed by atoms with Crippen LogP contribution in [0, 0.1) is 11.8 Å². The molecule has 0 bridgehead atoms. The third kappa shape index (κ3) is 4.20. The van der Waals surface area contributed by atoms with E-state index in [2.05, 4.69) is 10.3 Å². The Kier molecular flexibility index (Phi) is 5.81. The molecule has 0 unspecified atom stereocenters. The lowest BCUT2D eigenvalue weighted by atomic mass is 10.0. The van der Waals surface area contributed by atoms with Crippen molar-refractivity contribution >= 4 is 74.2 Å². The summed E-state index contributed by atoms with van der Waals surface area (Å²) >= 11 is 12.4. The minimum Gasteiger partial charge on any atom is -0.493 e. The van der Waals surface area contributed by atoms with Crippen LogP contribution in [0.4, 0.5) is 11.4 Å². The first-order chi connectivity index (χ1) is 17.9.